The van der Waals surface area contributed by atoms with Gasteiger partial charge in [-0.2, -0.15) is 5.10 Å². The molecule has 1 saturated carbocycles. The summed E-state index contributed by atoms with van der Waals surface area (Å²) in [6.07, 6.45) is 6.62. The summed E-state index contributed by atoms with van der Waals surface area (Å²) in [4.78, 5) is 13.8. The standard InChI is InChI=1S/C17H22N4O2/c22-11-10-20(15-6-7-15)17(23)18-9-8-14-12-19-21(13-14)16-4-2-1-3-5-16/h1-5,12-13,15,22H,6-11H2,(H,18,23). The van der Waals surface area contributed by atoms with Crippen LogP contribution in [-0.2, 0) is 6.42 Å². The van der Waals surface area contributed by atoms with Crippen molar-refractivity contribution in [2.45, 2.75) is 25.3 Å². The fourth-order valence-corrected chi connectivity index (χ4v) is 2.57. The Kier molecular flexibility index (Phi) is 4.92. The van der Waals surface area contributed by atoms with Crippen molar-refractivity contribution in [3.8, 4) is 5.69 Å². The van der Waals surface area contributed by atoms with E-state index in [2.05, 4.69) is 10.4 Å². The van der Waals surface area contributed by atoms with Gasteiger partial charge in [0.05, 0.1) is 18.5 Å². The van der Waals surface area contributed by atoms with Gasteiger partial charge in [-0.15, -0.1) is 0 Å². The average molecular weight is 314 g/mol. The molecule has 1 aliphatic rings. The number of amides is 2. The summed E-state index contributed by atoms with van der Waals surface area (Å²) < 4.78 is 1.83. The smallest absolute Gasteiger partial charge is 0.317 e. The average Bonchev–Trinajstić information content (AvgIpc) is 3.31. The van der Waals surface area contributed by atoms with Crippen LogP contribution >= 0.6 is 0 Å². The van der Waals surface area contributed by atoms with E-state index in [9.17, 15) is 4.79 Å². The molecule has 3 rings (SSSR count). The third-order valence-electron chi connectivity index (χ3n) is 3.94. The fourth-order valence-electron chi connectivity index (χ4n) is 2.57. The van der Waals surface area contributed by atoms with Gasteiger partial charge in [-0.1, -0.05) is 18.2 Å². The minimum absolute atomic E-state index is 0.00770. The number of urea groups is 1. The van der Waals surface area contributed by atoms with Crippen molar-refractivity contribution >= 4 is 6.03 Å². The number of carbonyl (C=O) groups excluding carboxylic acids is 1. The largest absolute Gasteiger partial charge is 0.395 e. The summed E-state index contributed by atoms with van der Waals surface area (Å²) >= 11 is 0. The number of aliphatic hydroxyl groups is 1. The number of hydrogen-bond acceptors (Lipinski definition) is 3. The number of carbonyl (C=O) groups is 1. The molecule has 0 radical (unpaired) electrons. The number of para-hydroxylation sites is 1. The molecule has 0 aliphatic heterocycles. The van der Waals surface area contributed by atoms with Crippen LogP contribution in [-0.4, -0.2) is 51.6 Å². The molecule has 6 nitrogen and oxygen atoms in total. The van der Waals surface area contributed by atoms with Gasteiger partial charge < -0.3 is 15.3 Å². The minimum atomic E-state index is -0.0861. The van der Waals surface area contributed by atoms with Gasteiger partial charge in [0, 0.05) is 25.3 Å². The highest BCUT2D eigenvalue weighted by Gasteiger charge is 2.31. The maximum absolute atomic E-state index is 12.1. The van der Waals surface area contributed by atoms with Crippen molar-refractivity contribution in [3.05, 3.63) is 48.3 Å². The van der Waals surface area contributed by atoms with E-state index in [0.717, 1.165) is 30.5 Å². The van der Waals surface area contributed by atoms with E-state index >= 15 is 0 Å². The molecule has 1 aromatic carbocycles. The monoisotopic (exact) mass is 314 g/mol. The van der Waals surface area contributed by atoms with Gasteiger partial charge in [-0.3, -0.25) is 0 Å². The Morgan fingerprint density at radius 1 is 1.35 bits per heavy atom. The van der Waals surface area contributed by atoms with Crippen molar-refractivity contribution in [3.63, 3.8) is 0 Å². The quantitative estimate of drug-likeness (QED) is 0.815. The lowest BCUT2D eigenvalue weighted by atomic mass is 10.2. The van der Waals surface area contributed by atoms with E-state index < -0.39 is 0 Å². The minimum Gasteiger partial charge on any atom is -0.395 e. The zero-order chi connectivity index (χ0) is 16.1. The van der Waals surface area contributed by atoms with E-state index in [1.54, 1.807) is 4.90 Å². The third kappa shape index (κ3) is 4.10. The first-order chi connectivity index (χ1) is 11.3. The van der Waals surface area contributed by atoms with Gasteiger partial charge in [0.15, 0.2) is 0 Å². The number of aromatic nitrogens is 2. The van der Waals surface area contributed by atoms with Crippen LogP contribution in [0, 0.1) is 0 Å². The first kappa shape index (κ1) is 15.6. The number of rotatable bonds is 7. The van der Waals surface area contributed by atoms with Crippen molar-refractivity contribution < 1.29 is 9.90 Å². The van der Waals surface area contributed by atoms with Gasteiger partial charge in [-0.25, -0.2) is 9.48 Å². The van der Waals surface area contributed by atoms with E-state index in [0.29, 0.717) is 19.1 Å². The molecule has 0 saturated heterocycles. The number of nitrogens with zero attached hydrogens (tertiary/aromatic N) is 3. The molecule has 2 N–H and O–H groups in total. The number of nitrogens with one attached hydrogen (secondary N) is 1. The summed E-state index contributed by atoms with van der Waals surface area (Å²) in [5.41, 5.74) is 2.10. The van der Waals surface area contributed by atoms with Crippen LogP contribution in [0.15, 0.2) is 42.7 Å². The Balaban J connectivity index is 1.49. The predicted octanol–water partition coefficient (Wildman–Crippen LogP) is 1.58. The molecule has 2 aromatic rings. The van der Waals surface area contributed by atoms with Gasteiger partial charge in [0.25, 0.3) is 0 Å². The van der Waals surface area contributed by atoms with Crippen LogP contribution in [0.4, 0.5) is 4.79 Å². The molecule has 0 bridgehead atoms. The molecule has 2 amide bonds. The highest BCUT2D eigenvalue weighted by molar-refractivity contribution is 5.74. The van der Waals surface area contributed by atoms with Crippen LogP contribution in [0.5, 0.6) is 0 Å². The lowest BCUT2D eigenvalue weighted by molar-refractivity contribution is 0.174. The van der Waals surface area contributed by atoms with Gasteiger partial charge >= 0.3 is 6.03 Å². The van der Waals surface area contributed by atoms with Crippen molar-refractivity contribution in [1.29, 1.82) is 0 Å². The lowest BCUT2D eigenvalue weighted by Crippen LogP contribution is -2.43. The lowest BCUT2D eigenvalue weighted by Gasteiger charge is -2.21. The molecule has 6 heteroatoms. The summed E-state index contributed by atoms with van der Waals surface area (Å²) in [6, 6.07) is 10.2. The van der Waals surface area contributed by atoms with Crippen molar-refractivity contribution in [2.75, 3.05) is 19.7 Å². The predicted molar refractivity (Wildman–Crippen MR) is 87.5 cm³/mol. The number of hydrogen-bond donors (Lipinski definition) is 2. The maximum atomic E-state index is 12.1. The second-order valence-electron chi connectivity index (χ2n) is 5.76. The van der Waals surface area contributed by atoms with Gasteiger partial charge in [0.2, 0.25) is 0 Å². The molecule has 0 atom stereocenters. The molecular weight excluding hydrogens is 292 g/mol. The van der Waals surface area contributed by atoms with Gasteiger partial charge in [0.1, 0.15) is 0 Å². The molecule has 0 unspecified atom stereocenters. The van der Waals surface area contributed by atoms with E-state index in [1.807, 2.05) is 47.4 Å². The molecule has 1 aliphatic carbocycles. The Morgan fingerprint density at radius 2 is 2.13 bits per heavy atom. The highest BCUT2D eigenvalue weighted by atomic mass is 16.3. The fraction of sp³-hybridized carbons (Fsp3) is 0.412. The van der Waals surface area contributed by atoms with E-state index in [-0.39, 0.29) is 12.6 Å². The van der Waals surface area contributed by atoms with Crippen LogP contribution in [0.1, 0.15) is 18.4 Å². The second-order valence-corrected chi connectivity index (χ2v) is 5.76. The normalized spacial score (nSPS) is 13.8. The van der Waals surface area contributed by atoms with Crippen molar-refractivity contribution in [2.24, 2.45) is 0 Å². The Hall–Kier alpha value is -2.34. The number of aliphatic hydroxyl groups excluding tert-OH is 1. The first-order valence-electron chi connectivity index (χ1n) is 8.02. The van der Waals surface area contributed by atoms with Crippen LogP contribution in [0.3, 0.4) is 0 Å². The van der Waals surface area contributed by atoms with Crippen LogP contribution in [0.25, 0.3) is 5.69 Å². The second kappa shape index (κ2) is 7.28. The Morgan fingerprint density at radius 3 is 2.83 bits per heavy atom. The van der Waals surface area contributed by atoms with E-state index in [4.69, 9.17) is 5.11 Å². The SMILES string of the molecule is O=C(NCCc1cnn(-c2ccccc2)c1)N(CCO)C1CC1. The maximum Gasteiger partial charge on any atom is 0.317 e. The highest BCUT2D eigenvalue weighted by Crippen LogP contribution is 2.26. The zero-order valence-electron chi connectivity index (χ0n) is 13.1. The summed E-state index contributed by atoms with van der Waals surface area (Å²) in [7, 11) is 0. The number of benzene rings is 1. The van der Waals surface area contributed by atoms with Gasteiger partial charge in [-0.05, 0) is 37.0 Å². The molecule has 1 aromatic heterocycles. The summed E-state index contributed by atoms with van der Waals surface area (Å²) in [5.74, 6) is 0. The Bertz CT molecular complexity index is 637. The first-order valence-corrected chi connectivity index (χ1v) is 8.02. The molecule has 0 spiro atoms. The Labute approximate surface area is 135 Å². The molecule has 1 heterocycles. The third-order valence-corrected chi connectivity index (χ3v) is 3.94. The molecular formula is C17H22N4O2. The molecule has 1 fully saturated rings. The molecule has 23 heavy (non-hydrogen) atoms. The van der Waals surface area contributed by atoms with E-state index in [1.165, 1.54) is 0 Å². The zero-order valence-corrected chi connectivity index (χ0v) is 13.1. The topological polar surface area (TPSA) is 70.4 Å². The summed E-state index contributed by atoms with van der Waals surface area (Å²) in [5, 5.41) is 16.3. The summed E-state index contributed by atoms with van der Waals surface area (Å²) in [6.45, 7) is 0.976. The van der Waals surface area contributed by atoms with Crippen LogP contribution in [0.2, 0.25) is 0 Å². The molecule has 122 valence electrons. The van der Waals surface area contributed by atoms with Crippen LogP contribution < -0.4 is 5.32 Å². The van der Waals surface area contributed by atoms with Crippen molar-refractivity contribution in [1.82, 2.24) is 20.0 Å².